The molecule has 1 aromatic heterocycles. The van der Waals surface area contributed by atoms with E-state index in [9.17, 15) is 17.6 Å². The molecule has 0 aliphatic rings. The van der Waals surface area contributed by atoms with Gasteiger partial charge in [-0.1, -0.05) is 6.07 Å². The van der Waals surface area contributed by atoms with Gasteiger partial charge in [0.15, 0.2) is 5.82 Å². The Hall–Kier alpha value is -2.75. The second-order valence-corrected chi connectivity index (χ2v) is 4.88. The van der Waals surface area contributed by atoms with Gasteiger partial charge in [-0.25, -0.2) is 24.6 Å². The third-order valence-electron chi connectivity index (χ3n) is 3.25. The van der Waals surface area contributed by atoms with Crippen molar-refractivity contribution in [3.8, 4) is 0 Å². The number of aromatic nitrogens is 2. The van der Waals surface area contributed by atoms with Crippen LogP contribution in [0.4, 0.5) is 17.6 Å². The minimum atomic E-state index is -3.68. The molecule has 2 rings (SSSR count). The topological polar surface area (TPSA) is 93.4 Å². The van der Waals surface area contributed by atoms with Crippen LogP contribution in [0.5, 0.6) is 0 Å². The van der Waals surface area contributed by atoms with Crippen LogP contribution in [-0.4, -0.2) is 27.9 Å². The number of hydrogen-bond donors (Lipinski definition) is 2. The van der Waals surface area contributed by atoms with E-state index in [-0.39, 0.29) is 0 Å². The molecule has 24 heavy (non-hydrogen) atoms. The molecule has 1 atom stereocenters. The maximum atomic E-state index is 14.8. The fourth-order valence-electron chi connectivity index (χ4n) is 2.16. The number of halogens is 4. The van der Waals surface area contributed by atoms with Crippen LogP contribution in [0.15, 0.2) is 41.8 Å². The van der Waals surface area contributed by atoms with Crippen LogP contribution >= 0.6 is 0 Å². The zero-order chi connectivity index (χ0) is 17.7. The summed E-state index contributed by atoms with van der Waals surface area (Å²) in [7, 11) is 0. The highest BCUT2D eigenvalue weighted by Crippen LogP contribution is 2.41. The Labute approximate surface area is 134 Å². The van der Waals surface area contributed by atoms with E-state index < -0.39 is 41.4 Å². The Bertz CT molecular complexity index is 710. The normalized spacial score (nSPS) is 13.2. The predicted molar refractivity (Wildman–Crippen MR) is 78.6 cm³/mol. The molecule has 0 radical (unpaired) electrons. The van der Waals surface area contributed by atoms with Crippen LogP contribution in [0.25, 0.3) is 0 Å². The number of hydrazine groups is 1. The van der Waals surface area contributed by atoms with Gasteiger partial charge in [0.2, 0.25) is 0 Å². The lowest BCUT2D eigenvalue weighted by Crippen LogP contribution is -2.40. The van der Waals surface area contributed by atoms with Gasteiger partial charge in [0, 0.05) is 25.0 Å². The molecule has 0 saturated carbocycles. The minimum Gasteiger partial charge on any atom is -0.322 e. The highest BCUT2D eigenvalue weighted by atomic mass is 19.3. The summed E-state index contributed by atoms with van der Waals surface area (Å²) < 4.78 is 56.8. The first-order chi connectivity index (χ1) is 11.4. The average molecular weight is 342 g/mol. The lowest BCUT2D eigenvalue weighted by Gasteiger charge is -2.29. The molecule has 10 heteroatoms. The van der Waals surface area contributed by atoms with Crippen molar-refractivity contribution >= 4 is 6.34 Å². The van der Waals surface area contributed by atoms with Crippen molar-refractivity contribution in [1.29, 1.82) is 0 Å². The summed E-state index contributed by atoms with van der Waals surface area (Å²) in [6.45, 7) is -0.561. The maximum absolute atomic E-state index is 14.8. The van der Waals surface area contributed by atoms with E-state index in [1.54, 1.807) is 0 Å². The van der Waals surface area contributed by atoms with Crippen molar-refractivity contribution in [2.75, 3.05) is 6.54 Å². The minimum absolute atomic E-state index is 0.435. The largest absolute Gasteiger partial charge is 0.322 e. The molecule has 1 heterocycles. The van der Waals surface area contributed by atoms with E-state index in [1.807, 2.05) is 0 Å². The first-order valence-electron chi connectivity index (χ1n) is 6.71. The van der Waals surface area contributed by atoms with Crippen molar-refractivity contribution in [3.05, 3.63) is 59.7 Å². The van der Waals surface area contributed by atoms with Crippen LogP contribution in [-0.2, 0) is 5.92 Å². The van der Waals surface area contributed by atoms with Gasteiger partial charge in [-0.05, 0) is 17.7 Å². The van der Waals surface area contributed by atoms with Gasteiger partial charge in [-0.15, -0.1) is 0 Å². The summed E-state index contributed by atoms with van der Waals surface area (Å²) in [5, 5.41) is 3.89. The van der Waals surface area contributed by atoms with Crippen molar-refractivity contribution < 1.29 is 17.6 Å². The maximum Gasteiger partial charge on any atom is 0.315 e. The smallest absolute Gasteiger partial charge is 0.315 e. The molecule has 0 bridgehead atoms. The Balaban J connectivity index is 2.50. The summed E-state index contributed by atoms with van der Waals surface area (Å²) >= 11 is 0. The second-order valence-electron chi connectivity index (χ2n) is 4.88. The summed E-state index contributed by atoms with van der Waals surface area (Å²) in [5.74, 6) is 2.13. The summed E-state index contributed by atoms with van der Waals surface area (Å²) in [6, 6.07) is 3.69. The van der Waals surface area contributed by atoms with E-state index in [0.717, 1.165) is 35.9 Å². The molecule has 0 spiro atoms. The second kappa shape index (κ2) is 7.21. The zero-order valence-electron chi connectivity index (χ0n) is 12.3. The first kappa shape index (κ1) is 17.6. The number of benzene rings is 1. The molecule has 0 fully saturated rings. The van der Waals surface area contributed by atoms with E-state index in [2.05, 4.69) is 15.1 Å². The standard InChI is InChI=1S/C14H14F4N6/c15-9-2-3-10(12(16)6-9)11(7-24(20)8-23-19)14(17,18)13-21-4-1-5-22-13/h1-6,8,11H,7,19-20H2/b23-8-. The quantitative estimate of drug-likeness (QED) is 0.274. The molecule has 0 aliphatic heterocycles. The summed E-state index contributed by atoms with van der Waals surface area (Å²) in [6.07, 6.45) is 3.17. The lowest BCUT2D eigenvalue weighted by molar-refractivity contribution is -0.0486. The van der Waals surface area contributed by atoms with Crippen molar-refractivity contribution in [2.45, 2.75) is 11.8 Å². The fourth-order valence-corrected chi connectivity index (χ4v) is 2.16. The number of rotatable bonds is 6. The van der Waals surface area contributed by atoms with Crippen LogP contribution in [0.3, 0.4) is 0 Å². The van der Waals surface area contributed by atoms with Crippen LogP contribution < -0.4 is 11.7 Å². The number of hydrazone groups is 1. The summed E-state index contributed by atoms with van der Waals surface area (Å²) in [5.41, 5.74) is -0.435. The van der Waals surface area contributed by atoms with Gasteiger partial charge in [0.25, 0.3) is 0 Å². The monoisotopic (exact) mass is 342 g/mol. The van der Waals surface area contributed by atoms with Gasteiger partial charge in [0.05, 0.1) is 5.92 Å². The fraction of sp³-hybridized carbons (Fsp3) is 0.214. The van der Waals surface area contributed by atoms with E-state index in [1.165, 1.54) is 6.07 Å². The Morgan fingerprint density at radius 1 is 1.25 bits per heavy atom. The molecule has 128 valence electrons. The number of nitrogens with two attached hydrogens (primary N) is 2. The van der Waals surface area contributed by atoms with Crippen LogP contribution in [0.2, 0.25) is 0 Å². The summed E-state index contributed by atoms with van der Waals surface area (Å²) in [4.78, 5) is 7.04. The third-order valence-corrected chi connectivity index (χ3v) is 3.25. The molecular formula is C14H14F4N6. The van der Waals surface area contributed by atoms with Gasteiger partial charge in [-0.2, -0.15) is 13.9 Å². The Morgan fingerprint density at radius 2 is 1.92 bits per heavy atom. The molecule has 1 aromatic carbocycles. The number of nitrogens with zero attached hydrogens (tertiary/aromatic N) is 4. The average Bonchev–Trinajstić information content (AvgIpc) is 2.54. The third kappa shape index (κ3) is 3.77. The SMILES string of the molecule is N/N=C\N(N)CC(c1ccc(F)cc1F)C(F)(F)c1ncccn1. The van der Waals surface area contributed by atoms with Crippen molar-refractivity contribution in [2.24, 2.45) is 16.8 Å². The lowest BCUT2D eigenvalue weighted by atomic mass is 9.91. The van der Waals surface area contributed by atoms with Crippen molar-refractivity contribution in [3.63, 3.8) is 0 Å². The molecule has 4 N–H and O–H groups in total. The number of hydrogen-bond acceptors (Lipinski definition) is 5. The van der Waals surface area contributed by atoms with E-state index >= 15 is 0 Å². The molecular weight excluding hydrogens is 328 g/mol. The highest BCUT2D eigenvalue weighted by molar-refractivity contribution is 5.53. The molecule has 1 unspecified atom stereocenters. The van der Waals surface area contributed by atoms with E-state index in [0.29, 0.717) is 6.07 Å². The molecule has 0 saturated heterocycles. The molecule has 0 amide bonds. The van der Waals surface area contributed by atoms with Crippen LogP contribution in [0.1, 0.15) is 17.3 Å². The van der Waals surface area contributed by atoms with Gasteiger partial charge in [0.1, 0.15) is 18.0 Å². The van der Waals surface area contributed by atoms with E-state index in [4.69, 9.17) is 11.7 Å². The Kier molecular flexibility index (Phi) is 5.29. The van der Waals surface area contributed by atoms with Crippen LogP contribution in [0, 0.1) is 11.6 Å². The predicted octanol–water partition coefficient (Wildman–Crippen LogP) is 1.71. The molecule has 2 aromatic rings. The van der Waals surface area contributed by atoms with Crippen molar-refractivity contribution in [1.82, 2.24) is 15.0 Å². The molecule has 0 aliphatic carbocycles. The number of alkyl halides is 2. The van der Waals surface area contributed by atoms with Gasteiger partial charge >= 0.3 is 5.92 Å². The van der Waals surface area contributed by atoms with Gasteiger partial charge in [-0.3, -0.25) is 5.01 Å². The first-order valence-corrected chi connectivity index (χ1v) is 6.71. The highest BCUT2D eigenvalue weighted by Gasteiger charge is 2.46. The molecule has 6 nitrogen and oxygen atoms in total. The zero-order valence-corrected chi connectivity index (χ0v) is 12.3. The Morgan fingerprint density at radius 3 is 2.50 bits per heavy atom. The van der Waals surface area contributed by atoms with Gasteiger partial charge < -0.3 is 5.84 Å².